The Bertz CT molecular complexity index is 363. The molecule has 1 aromatic rings. The minimum atomic E-state index is 0.454. The lowest BCUT2D eigenvalue weighted by Gasteiger charge is -2.32. The van der Waals surface area contributed by atoms with Crippen LogP contribution in [0.5, 0.6) is 0 Å². The van der Waals surface area contributed by atoms with Crippen LogP contribution in [-0.4, -0.2) is 19.6 Å². The second-order valence-corrected chi connectivity index (χ2v) is 5.94. The third-order valence-corrected chi connectivity index (χ3v) is 4.24. The summed E-state index contributed by atoms with van der Waals surface area (Å²) in [7, 11) is 0. The van der Waals surface area contributed by atoms with Gasteiger partial charge in [0.25, 0.3) is 0 Å². The van der Waals surface area contributed by atoms with E-state index in [-0.39, 0.29) is 0 Å². The number of nitrogens with zero attached hydrogens (tertiary/aromatic N) is 1. The Morgan fingerprint density at radius 2 is 1.84 bits per heavy atom. The summed E-state index contributed by atoms with van der Waals surface area (Å²) in [5.74, 6) is 0.897. The van der Waals surface area contributed by atoms with Gasteiger partial charge < -0.3 is 10.2 Å². The van der Waals surface area contributed by atoms with Crippen LogP contribution in [0.3, 0.4) is 0 Å². The summed E-state index contributed by atoms with van der Waals surface area (Å²) in [5.41, 5.74) is 2.78. The highest BCUT2D eigenvalue weighted by Crippen LogP contribution is 2.24. The predicted octanol–water partition coefficient (Wildman–Crippen LogP) is 3.98. The molecule has 0 aliphatic carbocycles. The Labute approximate surface area is 118 Å². The van der Waals surface area contributed by atoms with E-state index in [0.29, 0.717) is 6.04 Å². The molecule has 0 radical (unpaired) electrons. The molecule has 1 fully saturated rings. The first-order valence-corrected chi connectivity index (χ1v) is 7.79. The van der Waals surface area contributed by atoms with Crippen molar-refractivity contribution in [1.29, 1.82) is 0 Å². The van der Waals surface area contributed by atoms with Gasteiger partial charge in [0.2, 0.25) is 0 Å². The van der Waals surface area contributed by atoms with Gasteiger partial charge in [-0.2, -0.15) is 0 Å². The van der Waals surface area contributed by atoms with E-state index >= 15 is 0 Å². The van der Waals surface area contributed by atoms with Crippen molar-refractivity contribution in [2.45, 2.75) is 46.1 Å². The van der Waals surface area contributed by atoms with Crippen LogP contribution in [0.4, 0.5) is 5.69 Å². The van der Waals surface area contributed by atoms with Crippen LogP contribution in [0.2, 0.25) is 0 Å². The van der Waals surface area contributed by atoms with Gasteiger partial charge in [0.1, 0.15) is 0 Å². The van der Waals surface area contributed by atoms with Gasteiger partial charge in [0, 0.05) is 24.8 Å². The Balaban J connectivity index is 1.94. The highest BCUT2D eigenvalue weighted by molar-refractivity contribution is 5.48. The van der Waals surface area contributed by atoms with Crippen molar-refractivity contribution in [1.82, 2.24) is 5.32 Å². The number of anilines is 1. The first-order chi connectivity index (χ1) is 9.20. The fourth-order valence-corrected chi connectivity index (χ4v) is 2.72. The average Bonchev–Trinajstić information content (AvgIpc) is 2.46. The maximum Gasteiger partial charge on any atom is 0.0366 e. The smallest absolute Gasteiger partial charge is 0.0366 e. The van der Waals surface area contributed by atoms with Gasteiger partial charge in [0.15, 0.2) is 0 Å². The first kappa shape index (κ1) is 14.4. The molecule has 2 heteroatoms. The molecular formula is C17H28N2. The molecule has 0 bridgehead atoms. The summed E-state index contributed by atoms with van der Waals surface area (Å²) in [6, 6.07) is 9.59. The maximum atomic E-state index is 3.54. The molecule has 1 atom stereocenters. The van der Waals surface area contributed by atoms with Crippen molar-refractivity contribution in [3.63, 3.8) is 0 Å². The second-order valence-electron chi connectivity index (χ2n) is 5.94. The molecule has 1 unspecified atom stereocenters. The quantitative estimate of drug-likeness (QED) is 0.861. The first-order valence-electron chi connectivity index (χ1n) is 7.79. The number of hydrogen-bond donors (Lipinski definition) is 1. The average molecular weight is 260 g/mol. The molecule has 2 nitrogen and oxygen atoms in total. The zero-order valence-corrected chi connectivity index (χ0v) is 12.7. The van der Waals surface area contributed by atoms with Crippen molar-refractivity contribution in [3.8, 4) is 0 Å². The van der Waals surface area contributed by atoms with Crippen molar-refractivity contribution in [3.05, 3.63) is 29.8 Å². The summed E-state index contributed by atoms with van der Waals surface area (Å²) in [4.78, 5) is 2.52. The summed E-state index contributed by atoms with van der Waals surface area (Å²) in [6.45, 7) is 10.3. The molecule has 1 aliphatic rings. The van der Waals surface area contributed by atoms with Crippen LogP contribution in [0.1, 0.15) is 51.6 Å². The number of piperidine rings is 1. The third kappa shape index (κ3) is 3.97. The van der Waals surface area contributed by atoms with E-state index < -0.39 is 0 Å². The molecule has 2 rings (SSSR count). The molecule has 0 saturated carbocycles. The van der Waals surface area contributed by atoms with Crippen LogP contribution in [0.15, 0.2) is 24.3 Å². The van der Waals surface area contributed by atoms with Crippen LogP contribution in [0.25, 0.3) is 0 Å². The number of rotatable bonds is 5. The molecule has 0 spiro atoms. The van der Waals surface area contributed by atoms with E-state index in [1.807, 2.05) is 0 Å². The predicted molar refractivity (Wildman–Crippen MR) is 83.8 cm³/mol. The molecule has 0 amide bonds. The van der Waals surface area contributed by atoms with Gasteiger partial charge in [-0.15, -0.1) is 0 Å². The van der Waals surface area contributed by atoms with Gasteiger partial charge >= 0.3 is 0 Å². The van der Waals surface area contributed by atoms with Gasteiger partial charge in [-0.1, -0.05) is 26.0 Å². The monoisotopic (exact) mass is 260 g/mol. The Morgan fingerprint density at radius 1 is 1.21 bits per heavy atom. The third-order valence-electron chi connectivity index (χ3n) is 4.24. The Morgan fingerprint density at radius 3 is 2.42 bits per heavy atom. The van der Waals surface area contributed by atoms with E-state index in [4.69, 9.17) is 0 Å². The second kappa shape index (κ2) is 6.95. The van der Waals surface area contributed by atoms with Crippen LogP contribution < -0.4 is 10.2 Å². The normalized spacial score (nSPS) is 18.6. The van der Waals surface area contributed by atoms with E-state index in [9.17, 15) is 0 Å². The summed E-state index contributed by atoms with van der Waals surface area (Å²) >= 11 is 0. The molecule has 1 aromatic carbocycles. The highest BCUT2D eigenvalue weighted by atomic mass is 15.1. The summed E-state index contributed by atoms with van der Waals surface area (Å²) in [5, 5.41) is 3.54. The van der Waals surface area contributed by atoms with Gasteiger partial charge in [-0.25, -0.2) is 0 Å². The molecular weight excluding hydrogens is 232 g/mol. The number of benzene rings is 1. The van der Waals surface area contributed by atoms with Crippen LogP contribution in [0, 0.1) is 5.92 Å². The van der Waals surface area contributed by atoms with E-state index in [2.05, 4.69) is 55.3 Å². The fraction of sp³-hybridized carbons (Fsp3) is 0.647. The topological polar surface area (TPSA) is 15.3 Å². The van der Waals surface area contributed by atoms with Crippen molar-refractivity contribution in [2.24, 2.45) is 5.92 Å². The van der Waals surface area contributed by atoms with Crippen molar-refractivity contribution < 1.29 is 0 Å². The SMILES string of the molecule is CCCNC(C)c1ccc(N2CCC(C)CC2)cc1. The lowest BCUT2D eigenvalue weighted by molar-refractivity contribution is 0.438. The van der Waals surface area contributed by atoms with E-state index in [0.717, 1.165) is 12.5 Å². The zero-order valence-electron chi connectivity index (χ0n) is 12.7. The zero-order chi connectivity index (χ0) is 13.7. The number of hydrogen-bond acceptors (Lipinski definition) is 2. The Hall–Kier alpha value is -1.02. The summed E-state index contributed by atoms with van der Waals surface area (Å²) in [6.07, 6.45) is 3.85. The Kier molecular flexibility index (Phi) is 5.26. The van der Waals surface area contributed by atoms with Crippen molar-refractivity contribution >= 4 is 5.69 Å². The van der Waals surface area contributed by atoms with E-state index in [1.54, 1.807) is 0 Å². The highest BCUT2D eigenvalue weighted by Gasteiger charge is 2.16. The summed E-state index contributed by atoms with van der Waals surface area (Å²) < 4.78 is 0. The minimum Gasteiger partial charge on any atom is -0.372 e. The standard InChI is InChI=1S/C17H28N2/c1-4-11-18-15(3)16-5-7-17(8-6-16)19-12-9-14(2)10-13-19/h5-8,14-15,18H,4,9-13H2,1-3H3. The molecule has 1 saturated heterocycles. The van der Waals surface area contributed by atoms with Gasteiger partial charge in [-0.05, 0) is 56.3 Å². The fourth-order valence-electron chi connectivity index (χ4n) is 2.72. The maximum absolute atomic E-state index is 3.54. The van der Waals surface area contributed by atoms with Gasteiger partial charge in [0.05, 0.1) is 0 Å². The lowest BCUT2D eigenvalue weighted by Crippen LogP contribution is -2.32. The van der Waals surface area contributed by atoms with Gasteiger partial charge in [-0.3, -0.25) is 0 Å². The molecule has 0 aromatic heterocycles. The number of nitrogens with one attached hydrogen (secondary N) is 1. The largest absolute Gasteiger partial charge is 0.372 e. The molecule has 1 heterocycles. The van der Waals surface area contributed by atoms with E-state index in [1.165, 1.54) is 43.6 Å². The van der Waals surface area contributed by atoms with Crippen LogP contribution in [-0.2, 0) is 0 Å². The van der Waals surface area contributed by atoms with Crippen LogP contribution >= 0.6 is 0 Å². The molecule has 19 heavy (non-hydrogen) atoms. The lowest BCUT2D eigenvalue weighted by atomic mass is 9.98. The molecule has 106 valence electrons. The minimum absolute atomic E-state index is 0.454. The van der Waals surface area contributed by atoms with Crippen molar-refractivity contribution in [2.75, 3.05) is 24.5 Å². The molecule has 1 aliphatic heterocycles. The molecule has 1 N–H and O–H groups in total.